The van der Waals surface area contributed by atoms with Crippen molar-refractivity contribution < 1.29 is 13.9 Å². The number of furan rings is 1. The molecule has 0 aliphatic carbocycles. The summed E-state index contributed by atoms with van der Waals surface area (Å²) in [5, 5.41) is 10.4. The van der Waals surface area contributed by atoms with E-state index in [4.69, 9.17) is 44.0 Å². The van der Waals surface area contributed by atoms with E-state index in [1.807, 2.05) is 42.5 Å². The molecule has 1 amide bonds. The van der Waals surface area contributed by atoms with E-state index in [0.717, 1.165) is 16.5 Å². The SMILES string of the molecule is O=C(Nc1nn(Cc2c(Cl)cccc2Cl)cc1Cl)c1ccc(COc2cccc3ccccc23)o1. The summed E-state index contributed by atoms with van der Waals surface area (Å²) in [6, 6.07) is 22.3. The lowest BCUT2D eigenvalue weighted by Crippen LogP contribution is -2.12. The average Bonchev–Trinajstić information content (AvgIpc) is 3.47. The van der Waals surface area contributed by atoms with E-state index in [2.05, 4.69) is 10.4 Å². The highest BCUT2D eigenvalue weighted by Gasteiger charge is 2.17. The van der Waals surface area contributed by atoms with Crippen molar-refractivity contribution in [2.24, 2.45) is 0 Å². The number of carbonyl (C=O) groups is 1. The monoisotopic (exact) mass is 525 g/mol. The molecule has 5 aromatic rings. The van der Waals surface area contributed by atoms with E-state index >= 15 is 0 Å². The Balaban J connectivity index is 1.25. The van der Waals surface area contributed by atoms with Crippen LogP contribution in [0.15, 0.2) is 83.4 Å². The molecular weight excluding hydrogens is 509 g/mol. The zero-order valence-corrected chi connectivity index (χ0v) is 20.4. The second-order valence-electron chi connectivity index (χ2n) is 7.71. The van der Waals surface area contributed by atoms with Crippen LogP contribution in [0.1, 0.15) is 21.9 Å². The summed E-state index contributed by atoms with van der Waals surface area (Å²) in [5.41, 5.74) is 0.703. The molecule has 3 aromatic carbocycles. The van der Waals surface area contributed by atoms with Crippen LogP contribution in [-0.2, 0) is 13.2 Å². The Bertz CT molecular complexity index is 1500. The molecule has 35 heavy (non-hydrogen) atoms. The molecule has 0 spiro atoms. The van der Waals surface area contributed by atoms with Crippen molar-refractivity contribution in [2.45, 2.75) is 13.2 Å². The van der Waals surface area contributed by atoms with Gasteiger partial charge in [0.2, 0.25) is 0 Å². The molecule has 176 valence electrons. The Morgan fingerprint density at radius 2 is 1.66 bits per heavy atom. The number of ether oxygens (including phenoxy) is 1. The Labute approximate surface area is 216 Å². The van der Waals surface area contributed by atoms with Gasteiger partial charge >= 0.3 is 0 Å². The summed E-state index contributed by atoms with van der Waals surface area (Å²) in [6.07, 6.45) is 1.59. The van der Waals surface area contributed by atoms with Gasteiger partial charge in [0.05, 0.1) is 6.54 Å². The van der Waals surface area contributed by atoms with Crippen LogP contribution in [0.3, 0.4) is 0 Å². The molecule has 0 aliphatic rings. The Kier molecular flexibility index (Phi) is 6.68. The molecule has 6 nitrogen and oxygen atoms in total. The van der Waals surface area contributed by atoms with E-state index in [-0.39, 0.29) is 23.2 Å². The molecule has 0 saturated carbocycles. The molecule has 0 radical (unpaired) electrons. The highest BCUT2D eigenvalue weighted by molar-refractivity contribution is 6.36. The van der Waals surface area contributed by atoms with Crippen LogP contribution < -0.4 is 10.1 Å². The summed E-state index contributed by atoms with van der Waals surface area (Å²) >= 11 is 18.7. The predicted octanol–water partition coefficient (Wildman–Crippen LogP) is 7.47. The van der Waals surface area contributed by atoms with Gasteiger partial charge in [-0.05, 0) is 35.7 Å². The maximum atomic E-state index is 12.7. The number of amides is 1. The first-order valence-electron chi connectivity index (χ1n) is 10.6. The highest BCUT2D eigenvalue weighted by atomic mass is 35.5. The number of rotatable bonds is 7. The van der Waals surface area contributed by atoms with E-state index in [0.29, 0.717) is 27.9 Å². The van der Waals surface area contributed by atoms with Crippen LogP contribution in [0.25, 0.3) is 10.8 Å². The van der Waals surface area contributed by atoms with Crippen LogP contribution in [0.2, 0.25) is 15.1 Å². The number of carbonyl (C=O) groups excluding carboxylic acids is 1. The first-order chi connectivity index (χ1) is 17.0. The average molecular weight is 527 g/mol. The molecule has 5 rings (SSSR count). The van der Waals surface area contributed by atoms with Crippen molar-refractivity contribution in [1.29, 1.82) is 0 Å². The normalized spacial score (nSPS) is 11.1. The zero-order chi connectivity index (χ0) is 24.4. The van der Waals surface area contributed by atoms with E-state index in [1.165, 1.54) is 0 Å². The van der Waals surface area contributed by atoms with Crippen molar-refractivity contribution >= 4 is 57.3 Å². The molecular formula is C26H18Cl3N3O3. The minimum atomic E-state index is -0.482. The lowest BCUT2D eigenvalue weighted by atomic mass is 10.1. The van der Waals surface area contributed by atoms with Crippen molar-refractivity contribution in [2.75, 3.05) is 5.32 Å². The van der Waals surface area contributed by atoms with Crippen LogP contribution in [0.4, 0.5) is 5.82 Å². The first-order valence-corrected chi connectivity index (χ1v) is 11.8. The van der Waals surface area contributed by atoms with Crippen molar-refractivity contribution in [3.63, 3.8) is 0 Å². The van der Waals surface area contributed by atoms with Gasteiger partial charge in [0.25, 0.3) is 5.91 Å². The standard InChI is InChI=1S/C26H18Cl3N3O3/c27-20-8-4-9-21(28)19(20)13-32-14-22(29)25(31-32)30-26(33)24-12-11-17(35-24)15-34-23-10-3-6-16-5-1-2-7-18(16)23/h1-12,14H,13,15H2,(H,30,31,33). The number of benzene rings is 3. The second-order valence-corrected chi connectivity index (χ2v) is 8.93. The van der Waals surface area contributed by atoms with Crippen molar-refractivity contribution in [1.82, 2.24) is 9.78 Å². The lowest BCUT2D eigenvalue weighted by Gasteiger charge is -2.08. The van der Waals surface area contributed by atoms with Crippen molar-refractivity contribution in [3.8, 4) is 5.75 Å². The molecule has 9 heteroatoms. The summed E-state index contributed by atoms with van der Waals surface area (Å²) in [4.78, 5) is 12.7. The third-order valence-corrected chi connectivity index (χ3v) is 6.32. The Morgan fingerprint density at radius 3 is 2.49 bits per heavy atom. The van der Waals surface area contributed by atoms with Gasteiger partial charge in [-0.1, -0.05) is 77.3 Å². The van der Waals surface area contributed by atoms with E-state index in [9.17, 15) is 4.79 Å². The third kappa shape index (κ3) is 5.15. The summed E-state index contributed by atoms with van der Waals surface area (Å²) in [5.74, 6) is 1.07. The minimum Gasteiger partial charge on any atom is -0.485 e. The first kappa shape index (κ1) is 23.3. The molecule has 0 fully saturated rings. The Hall–Kier alpha value is -3.45. The van der Waals surface area contributed by atoms with Gasteiger partial charge in [-0.3, -0.25) is 9.48 Å². The van der Waals surface area contributed by atoms with Crippen LogP contribution >= 0.6 is 34.8 Å². The van der Waals surface area contributed by atoms with Gasteiger partial charge in [-0.15, -0.1) is 0 Å². The van der Waals surface area contributed by atoms with Gasteiger partial charge < -0.3 is 14.5 Å². The molecule has 0 saturated heterocycles. The molecule has 0 bridgehead atoms. The van der Waals surface area contributed by atoms with E-state index < -0.39 is 5.91 Å². The number of hydrogen-bond acceptors (Lipinski definition) is 4. The van der Waals surface area contributed by atoms with Crippen LogP contribution in [0, 0.1) is 0 Å². The maximum absolute atomic E-state index is 12.7. The van der Waals surface area contributed by atoms with Gasteiger partial charge in [0, 0.05) is 27.2 Å². The zero-order valence-electron chi connectivity index (χ0n) is 18.2. The maximum Gasteiger partial charge on any atom is 0.292 e. The topological polar surface area (TPSA) is 69.3 Å². The number of halogens is 3. The molecule has 0 aliphatic heterocycles. The quantitative estimate of drug-likeness (QED) is 0.239. The predicted molar refractivity (Wildman–Crippen MR) is 138 cm³/mol. The Morgan fingerprint density at radius 1 is 0.914 bits per heavy atom. The summed E-state index contributed by atoms with van der Waals surface area (Å²) < 4.78 is 13.2. The van der Waals surface area contributed by atoms with Crippen molar-refractivity contribution in [3.05, 3.63) is 111 Å². The molecule has 2 aromatic heterocycles. The molecule has 0 unspecified atom stereocenters. The lowest BCUT2D eigenvalue weighted by molar-refractivity contribution is 0.0992. The fourth-order valence-electron chi connectivity index (χ4n) is 3.63. The van der Waals surface area contributed by atoms with Crippen LogP contribution in [0.5, 0.6) is 5.75 Å². The number of anilines is 1. The smallest absolute Gasteiger partial charge is 0.292 e. The number of nitrogens with one attached hydrogen (secondary N) is 1. The van der Waals surface area contributed by atoms with Gasteiger partial charge in [0.15, 0.2) is 11.6 Å². The van der Waals surface area contributed by atoms with Gasteiger partial charge in [-0.25, -0.2) is 0 Å². The highest BCUT2D eigenvalue weighted by Crippen LogP contribution is 2.28. The number of fused-ring (bicyclic) bond motifs is 1. The summed E-state index contributed by atoms with van der Waals surface area (Å²) in [7, 11) is 0. The fourth-order valence-corrected chi connectivity index (χ4v) is 4.34. The van der Waals surface area contributed by atoms with E-state index in [1.54, 1.807) is 41.2 Å². The van der Waals surface area contributed by atoms with Gasteiger partial charge in [-0.2, -0.15) is 5.10 Å². The number of aromatic nitrogens is 2. The number of nitrogens with zero attached hydrogens (tertiary/aromatic N) is 2. The van der Waals surface area contributed by atoms with Crippen LogP contribution in [-0.4, -0.2) is 15.7 Å². The molecule has 1 N–H and O–H groups in total. The summed E-state index contributed by atoms with van der Waals surface area (Å²) in [6.45, 7) is 0.472. The number of hydrogen-bond donors (Lipinski definition) is 1. The second kappa shape index (κ2) is 10.0. The largest absolute Gasteiger partial charge is 0.485 e. The molecule has 0 atom stereocenters. The van der Waals surface area contributed by atoms with Gasteiger partial charge in [0.1, 0.15) is 23.1 Å². The third-order valence-electron chi connectivity index (χ3n) is 5.34. The fraction of sp³-hybridized carbons (Fsp3) is 0.0769. The molecule has 2 heterocycles. The minimum absolute atomic E-state index is 0.112.